The van der Waals surface area contributed by atoms with Crippen molar-refractivity contribution >= 4 is 5.97 Å². The summed E-state index contributed by atoms with van der Waals surface area (Å²) in [6.45, 7) is 3.04. The second kappa shape index (κ2) is 4.59. The zero-order valence-corrected chi connectivity index (χ0v) is 8.57. The highest BCUT2D eigenvalue weighted by Gasteiger charge is 2.03. The van der Waals surface area contributed by atoms with E-state index in [1.54, 1.807) is 13.8 Å². The van der Waals surface area contributed by atoms with Gasteiger partial charge in [0, 0.05) is 18.2 Å². The Morgan fingerprint density at radius 1 is 1.53 bits per heavy atom. The summed E-state index contributed by atoms with van der Waals surface area (Å²) in [6.07, 6.45) is 1.60. The predicted octanol–water partition coefficient (Wildman–Crippen LogP) is -0.244. The van der Waals surface area contributed by atoms with Crippen molar-refractivity contribution in [3.05, 3.63) is 32.6 Å². The van der Waals surface area contributed by atoms with Crippen LogP contribution < -0.4 is 11.2 Å². The second-order valence-corrected chi connectivity index (χ2v) is 3.04. The highest BCUT2D eigenvalue weighted by molar-refractivity contribution is 5.68. The highest BCUT2D eigenvalue weighted by atomic mass is 16.5. The smallest absolute Gasteiger partial charge is 0.331 e. The highest BCUT2D eigenvalue weighted by Crippen LogP contribution is 1.89. The second-order valence-electron chi connectivity index (χ2n) is 3.04. The number of rotatable bonds is 3. The summed E-state index contributed by atoms with van der Waals surface area (Å²) in [5.74, 6) is -0.397. The minimum atomic E-state index is -0.588. The summed E-state index contributed by atoms with van der Waals surface area (Å²) >= 11 is 0. The molecule has 6 nitrogen and oxygen atoms in total. The Labute approximate surface area is 85.5 Å². The van der Waals surface area contributed by atoms with Crippen molar-refractivity contribution in [3.63, 3.8) is 0 Å². The zero-order chi connectivity index (χ0) is 11.4. The molecule has 0 amide bonds. The lowest BCUT2D eigenvalue weighted by atomic mass is 10.4. The molecule has 0 aromatic carbocycles. The van der Waals surface area contributed by atoms with Crippen LogP contribution in [0.15, 0.2) is 15.8 Å². The number of aromatic nitrogens is 2. The summed E-state index contributed by atoms with van der Waals surface area (Å²) in [5.41, 5.74) is -0.630. The number of nitrogens with one attached hydrogen (secondary N) is 1. The molecule has 82 valence electrons. The number of aryl methyl sites for hydroxylation is 1. The molecular formula is C9H12N2O4. The number of H-pyrrole nitrogens is 1. The van der Waals surface area contributed by atoms with Crippen LogP contribution in [0.2, 0.25) is 0 Å². The molecule has 1 heterocycles. The molecule has 0 aliphatic heterocycles. The molecule has 0 aliphatic carbocycles. The van der Waals surface area contributed by atoms with E-state index in [4.69, 9.17) is 4.74 Å². The molecule has 0 aliphatic rings. The van der Waals surface area contributed by atoms with Crippen LogP contribution in [0.25, 0.3) is 0 Å². The van der Waals surface area contributed by atoms with E-state index in [0.717, 1.165) is 4.57 Å². The Morgan fingerprint density at radius 3 is 2.80 bits per heavy atom. The number of hydrogen-bond donors (Lipinski definition) is 1. The van der Waals surface area contributed by atoms with Crippen LogP contribution in [0.3, 0.4) is 0 Å². The third kappa shape index (κ3) is 2.80. The number of esters is 1. The van der Waals surface area contributed by atoms with Gasteiger partial charge in [-0.25, -0.2) is 4.79 Å². The number of carbonyl (C=O) groups is 1. The molecule has 0 radical (unpaired) electrons. The monoisotopic (exact) mass is 212 g/mol. The van der Waals surface area contributed by atoms with Gasteiger partial charge in [0.05, 0.1) is 0 Å². The van der Waals surface area contributed by atoms with Crippen molar-refractivity contribution in [2.24, 2.45) is 0 Å². The number of hydrogen-bond acceptors (Lipinski definition) is 4. The standard InChI is InChI=1S/C9H12N2O4/c1-3-7(12)15-5-11-4-6(2)8(13)10-9(11)14/h4H,3,5H2,1-2H3,(H,10,13,14). The fourth-order valence-electron chi connectivity index (χ4n) is 0.958. The van der Waals surface area contributed by atoms with Crippen LogP contribution in [-0.4, -0.2) is 15.5 Å². The Hall–Kier alpha value is -1.85. The maximum Gasteiger partial charge on any atom is 0.331 e. The minimum Gasteiger partial charge on any atom is -0.444 e. The fourth-order valence-corrected chi connectivity index (χ4v) is 0.958. The summed E-state index contributed by atoms with van der Waals surface area (Å²) < 4.78 is 5.88. The van der Waals surface area contributed by atoms with E-state index < -0.39 is 17.2 Å². The average Bonchev–Trinajstić information content (AvgIpc) is 2.21. The average molecular weight is 212 g/mol. The van der Waals surface area contributed by atoms with Gasteiger partial charge in [-0.15, -0.1) is 0 Å². The van der Waals surface area contributed by atoms with Gasteiger partial charge in [0.25, 0.3) is 5.56 Å². The first-order valence-electron chi connectivity index (χ1n) is 4.50. The summed E-state index contributed by atoms with van der Waals surface area (Å²) in [6, 6.07) is 0. The van der Waals surface area contributed by atoms with Gasteiger partial charge in [-0.1, -0.05) is 6.92 Å². The lowest BCUT2D eigenvalue weighted by Gasteiger charge is -2.06. The van der Waals surface area contributed by atoms with Crippen molar-refractivity contribution in [2.75, 3.05) is 0 Å². The summed E-state index contributed by atoms with van der Waals surface area (Å²) in [5, 5.41) is 0. The maximum atomic E-state index is 11.2. The number of nitrogens with zero attached hydrogens (tertiary/aromatic N) is 1. The van der Waals surface area contributed by atoms with E-state index in [2.05, 4.69) is 4.98 Å². The SMILES string of the molecule is CCC(=O)OCn1cc(C)c(=O)[nH]c1=O. The first kappa shape index (κ1) is 11.2. The van der Waals surface area contributed by atoms with E-state index in [9.17, 15) is 14.4 Å². The van der Waals surface area contributed by atoms with Crippen LogP contribution in [0, 0.1) is 6.92 Å². The topological polar surface area (TPSA) is 81.2 Å². The van der Waals surface area contributed by atoms with Gasteiger partial charge in [-0.05, 0) is 6.92 Å². The zero-order valence-electron chi connectivity index (χ0n) is 8.57. The van der Waals surface area contributed by atoms with Gasteiger partial charge in [0.1, 0.15) is 0 Å². The minimum absolute atomic E-state index is 0.177. The van der Waals surface area contributed by atoms with E-state index in [-0.39, 0.29) is 13.2 Å². The lowest BCUT2D eigenvalue weighted by Crippen LogP contribution is -2.31. The van der Waals surface area contributed by atoms with Gasteiger partial charge in [-0.2, -0.15) is 0 Å². The number of carbonyl (C=O) groups excluding carboxylic acids is 1. The van der Waals surface area contributed by atoms with Crippen molar-refractivity contribution < 1.29 is 9.53 Å². The van der Waals surface area contributed by atoms with Crippen LogP contribution in [0.1, 0.15) is 18.9 Å². The molecule has 1 aromatic heterocycles. The van der Waals surface area contributed by atoms with Crippen molar-refractivity contribution in [1.29, 1.82) is 0 Å². The van der Waals surface area contributed by atoms with Gasteiger partial charge >= 0.3 is 11.7 Å². The molecule has 6 heteroatoms. The Morgan fingerprint density at radius 2 is 2.20 bits per heavy atom. The lowest BCUT2D eigenvalue weighted by molar-refractivity contribution is -0.147. The Kier molecular flexibility index (Phi) is 3.43. The molecule has 0 unspecified atom stereocenters. The van der Waals surface area contributed by atoms with E-state index in [0.29, 0.717) is 5.56 Å². The fraction of sp³-hybridized carbons (Fsp3) is 0.444. The number of aromatic amines is 1. The molecule has 0 saturated heterocycles. The van der Waals surface area contributed by atoms with Gasteiger partial charge in [-0.3, -0.25) is 19.1 Å². The molecule has 1 N–H and O–H groups in total. The first-order chi connectivity index (χ1) is 7.04. The quantitative estimate of drug-likeness (QED) is 0.701. The van der Waals surface area contributed by atoms with Gasteiger partial charge < -0.3 is 4.74 Å². The molecule has 0 fully saturated rings. The number of ether oxygens (including phenoxy) is 1. The normalized spacial score (nSPS) is 10.0. The first-order valence-corrected chi connectivity index (χ1v) is 4.50. The molecule has 0 spiro atoms. The molecule has 15 heavy (non-hydrogen) atoms. The van der Waals surface area contributed by atoms with Gasteiger partial charge in [0.15, 0.2) is 6.73 Å². The maximum absolute atomic E-state index is 11.2. The van der Waals surface area contributed by atoms with Crippen LogP contribution in [0.4, 0.5) is 0 Å². The summed E-state index contributed by atoms with van der Waals surface area (Å²) in [4.78, 5) is 35.2. The van der Waals surface area contributed by atoms with Crippen molar-refractivity contribution in [1.82, 2.24) is 9.55 Å². The third-order valence-corrected chi connectivity index (χ3v) is 1.84. The third-order valence-electron chi connectivity index (χ3n) is 1.84. The van der Waals surface area contributed by atoms with Crippen LogP contribution >= 0.6 is 0 Å². The molecule has 0 atom stereocenters. The van der Waals surface area contributed by atoms with Gasteiger partial charge in [0.2, 0.25) is 0 Å². The molecule has 0 bridgehead atoms. The Bertz CT molecular complexity index is 472. The molecule has 1 aromatic rings. The van der Waals surface area contributed by atoms with Crippen molar-refractivity contribution in [3.8, 4) is 0 Å². The molecule has 1 rings (SSSR count). The molecular weight excluding hydrogens is 200 g/mol. The van der Waals surface area contributed by atoms with Crippen LogP contribution in [0.5, 0.6) is 0 Å². The largest absolute Gasteiger partial charge is 0.444 e. The van der Waals surface area contributed by atoms with E-state index in [1.807, 2.05) is 0 Å². The van der Waals surface area contributed by atoms with Crippen LogP contribution in [-0.2, 0) is 16.3 Å². The Balaban J connectivity index is 2.87. The summed E-state index contributed by atoms with van der Waals surface area (Å²) in [7, 11) is 0. The molecule has 0 saturated carbocycles. The van der Waals surface area contributed by atoms with E-state index in [1.165, 1.54) is 6.20 Å². The van der Waals surface area contributed by atoms with Crippen molar-refractivity contribution in [2.45, 2.75) is 27.0 Å². The predicted molar refractivity (Wildman–Crippen MR) is 52.4 cm³/mol. The van der Waals surface area contributed by atoms with E-state index >= 15 is 0 Å².